The van der Waals surface area contributed by atoms with Gasteiger partial charge in [-0.1, -0.05) is 53.3 Å². The number of hydrogen-bond acceptors (Lipinski definition) is 6. The molecule has 1 fully saturated rings. The number of amides is 2. The van der Waals surface area contributed by atoms with Crippen LogP contribution >= 0.6 is 34.7 Å². The number of halogens is 1. The molecule has 2 amide bonds. The van der Waals surface area contributed by atoms with Crippen molar-refractivity contribution in [1.82, 2.24) is 15.1 Å². The molecule has 1 aliphatic rings. The Bertz CT molecular complexity index is 1030. The minimum atomic E-state index is -0.475. The van der Waals surface area contributed by atoms with Gasteiger partial charge in [0.15, 0.2) is 0 Å². The van der Waals surface area contributed by atoms with Gasteiger partial charge in [-0.25, -0.2) is 0 Å². The summed E-state index contributed by atoms with van der Waals surface area (Å²) in [5.41, 5.74) is 0.882. The number of anilines is 1. The van der Waals surface area contributed by atoms with E-state index in [1.807, 2.05) is 42.5 Å². The number of hydrogen-bond donors (Lipinski definition) is 1. The quantitative estimate of drug-likeness (QED) is 0.547. The third kappa shape index (κ3) is 5.00. The lowest BCUT2D eigenvalue weighted by molar-refractivity contribution is -0.134. The summed E-state index contributed by atoms with van der Waals surface area (Å²) >= 11 is 8.69. The van der Waals surface area contributed by atoms with Crippen LogP contribution in [0.15, 0.2) is 59.5 Å². The molecule has 1 saturated heterocycles. The second-order valence-electron chi connectivity index (χ2n) is 6.76. The van der Waals surface area contributed by atoms with Gasteiger partial charge in [0.2, 0.25) is 16.9 Å². The highest BCUT2D eigenvalue weighted by Gasteiger charge is 2.34. The van der Waals surface area contributed by atoms with Gasteiger partial charge in [-0.3, -0.25) is 14.9 Å². The summed E-state index contributed by atoms with van der Waals surface area (Å²) in [6, 6.07) is 16.6. The Hall–Kier alpha value is -2.42. The lowest BCUT2D eigenvalue weighted by Crippen LogP contribution is -2.43. The summed E-state index contributed by atoms with van der Waals surface area (Å²) in [6.45, 7) is 0.596. The Labute approximate surface area is 187 Å². The van der Waals surface area contributed by atoms with Crippen molar-refractivity contribution in [2.24, 2.45) is 0 Å². The molecule has 9 heteroatoms. The zero-order valence-corrected chi connectivity index (χ0v) is 18.3. The normalized spacial score (nSPS) is 15.9. The van der Waals surface area contributed by atoms with Crippen LogP contribution in [0.25, 0.3) is 10.6 Å². The summed E-state index contributed by atoms with van der Waals surface area (Å²) in [7, 11) is 0. The van der Waals surface area contributed by atoms with Crippen molar-refractivity contribution >= 4 is 51.6 Å². The minimum absolute atomic E-state index is 0.0272. The fourth-order valence-corrected chi connectivity index (χ4v) is 4.94. The maximum atomic E-state index is 12.8. The molecule has 1 atom stereocenters. The SMILES string of the molecule is O=C(Nc1nnc(-c2ccc(Cl)cc2)s1)C1CCCN1C(=O)CSc1ccccc1. The number of rotatable bonds is 6. The fraction of sp³-hybridized carbons (Fsp3) is 0.238. The highest BCUT2D eigenvalue weighted by atomic mass is 35.5. The molecule has 6 nitrogen and oxygen atoms in total. The Kier molecular flexibility index (Phi) is 6.66. The van der Waals surface area contributed by atoms with Crippen LogP contribution < -0.4 is 5.32 Å². The zero-order chi connectivity index (χ0) is 20.9. The molecule has 1 aliphatic heterocycles. The molecule has 2 heterocycles. The van der Waals surface area contributed by atoms with Gasteiger partial charge >= 0.3 is 0 Å². The summed E-state index contributed by atoms with van der Waals surface area (Å²) in [4.78, 5) is 28.2. The molecule has 0 aliphatic carbocycles. The molecule has 30 heavy (non-hydrogen) atoms. The van der Waals surface area contributed by atoms with E-state index < -0.39 is 6.04 Å². The van der Waals surface area contributed by atoms with E-state index in [0.29, 0.717) is 33.9 Å². The molecule has 0 spiro atoms. The molecular weight excluding hydrogens is 440 g/mol. The van der Waals surface area contributed by atoms with Crippen molar-refractivity contribution in [2.75, 3.05) is 17.6 Å². The number of likely N-dealkylation sites (tertiary alicyclic amines) is 1. The Balaban J connectivity index is 1.36. The summed E-state index contributed by atoms with van der Waals surface area (Å²) < 4.78 is 0. The van der Waals surface area contributed by atoms with Crippen molar-refractivity contribution in [3.8, 4) is 10.6 Å². The Morgan fingerprint density at radius 1 is 1.13 bits per heavy atom. The average molecular weight is 459 g/mol. The number of aromatic nitrogens is 2. The van der Waals surface area contributed by atoms with Gasteiger partial charge in [-0.05, 0) is 37.1 Å². The lowest BCUT2D eigenvalue weighted by atomic mass is 10.2. The van der Waals surface area contributed by atoms with Crippen LogP contribution in [0.4, 0.5) is 5.13 Å². The lowest BCUT2D eigenvalue weighted by Gasteiger charge is -2.23. The highest BCUT2D eigenvalue weighted by molar-refractivity contribution is 8.00. The summed E-state index contributed by atoms with van der Waals surface area (Å²) in [5, 5.41) is 12.8. The standard InChI is InChI=1S/C21H19ClN4O2S2/c22-15-10-8-14(9-11-15)20-24-25-21(30-20)23-19(28)17-7-4-12-26(17)18(27)13-29-16-5-2-1-3-6-16/h1-3,5-6,8-11,17H,4,7,12-13H2,(H,23,25,28). The van der Waals surface area contributed by atoms with Gasteiger partial charge in [-0.2, -0.15) is 0 Å². The Morgan fingerprint density at radius 3 is 2.67 bits per heavy atom. The van der Waals surface area contributed by atoms with Crippen LogP contribution in [0, 0.1) is 0 Å². The summed E-state index contributed by atoms with van der Waals surface area (Å²) in [5.74, 6) is 0.0674. The number of benzene rings is 2. The largest absolute Gasteiger partial charge is 0.330 e. The fourth-order valence-electron chi connectivity index (χ4n) is 3.25. The first-order valence-corrected chi connectivity index (χ1v) is 11.7. The van der Waals surface area contributed by atoms with Crippen LogP contribution in [0.1, 0.15) is 12.8 Å². The van der Waals surface area contributed by atoms with Crippen LogP contribution in [-0.2, 0) is 9.59 Å². The van der Waals surface area contributed by atoms with E-state index in [2.05, 4.69) is 15.5 Å². The highest BCUT2D eigenvalue weighted by Crippen LogP contribution is 2.28. The first kappa shape index (κ1) is 20.8. The number of nitrogens with zero attached hydrogens (tertiary/aromatic N) is 3. The first-order chi connectivity index (χ1) is 14.6. The molecule has 0 bridgehead atoms. The molecule has 3 aromatic rings. The van der Waals surface area contributed by atoms with Gasteiger partial charge in [0.1, 0.15) is 11.0 Å². The second-order valence-corrected chi connectivity index (χ2v) is 9.22. The van der Waals surface area contributed by atoms with Gasteiger partial charge in [0.25, 0.3) is 0 Å². The van der Waals surface area contributed by atoms with E-state index in [4.69, 9.17) is 11.6 Å². The molecule has 1 N–H and O–H groups in total. The first-order valence-electron chi connectivity index (χ1n) is 9.48. The van der Waals surface area contributed by atoms with E-state index in [1.165, 1.54) is 23.1 Å². The number of carbonyl (C=O) groups excluding carboxylic acids is 2. The van der Waals surface area contributed by atoms with Crippen LogP contribution in [0.3, 0.4) is 0 Å². The van der Waals surface area contributed by atoms with Gasteiger partial charge in [0, 0.05) is 22.0 Å². The van der Waals surface area contributed by atoms with Gasteiger partial charge < -0.3 is 4.90 Å². The van der Waals surface area contributed by atoms with Gasteiger partial charge in [-0.15, -0.1) is 22.0 Å². The molecule has 0 radical (unpaired) electrons. The third-order valence-electron chi connectivity index (χ3n) is 4.73. The molecule has 4 rings (SSSR count). The predicted octanol–water partition coefficient (Wildman–Crippen LogP) is 4.58. The predicted molar refractivity (Wildman–Crippen MR) is 121 cm³/mol. The zero-order valence-electron chi connectivity index (χ0n) is 16.0. The molecule has 1 unspecified atom stereocenters. The summed E-state index contributed by atoms with van der Waals surface area (Å²) in [6.07, 6.45) is 1.46. The van der Waals surface area contributed by atoms with E-state index in [0.717, 1.165) is 16.9 Å². The number of carbonyl (C=O) groups is 2. The second kappa shape index (κ2) is 9.59. The topological polar surface area (TPSA) is 75.2 Å². The van der Waals surface area contributed by atoms with Crippen molar-refractivity contribution in [1.29, 1.82) is 0 Å². The van der Waals surface area contributed by atoms with E-state index in [9.17, 15) is 9.59 Å². The molecule has 154 valence electrons. The minimum Gasteiger partial charge on any atom is -0.330 e. The van der Waals surface area contributed by atoms with E-state index in [1.54, 1.807) is 17.0 Å². The van der Waals surface area contributed by atoms with Gasteiger partial charge in [0.05, 0.1) is 5.75 Å². The van der Waals surface area contributed by atoms with E-state index in [-0.39, 0.29) is 11.8 Å². The third-order valence-corrected chi connectivity index (χ3v) is 6.86. The van der Waals surface area contributed by atoms with Crippen molar-refractivity contribution < 1.29 is 9.59 Å². The van der Waals surface area contributed by atoms with Crippen LogP contribution in [0.5, 0.6) is 0 Å². The maximum absolute atomic E-state index is 12.8. The maximum Gasteiger partial charge on any atom is 0.249 e. The van der Waals surface area contributed by atoms with Crippen molar-refractivity contribution in [3.05, 3.63) is 59.6 Å². The molecular formula is C21H19ClN4O2S2. The average Bonchev–Trinajstić information content (AvgIpc) is 3.43. The molecule has 2 aromatic carbocycles. The van der Waals surface area contributed by atoms with E-state index >= 15 is 0 Å². The van der Waals surface area contributed by atoms with Crippen LogP contribution in [-0.4, -0.2) is 45.3 Å². The van der Waals surface area contributed by atoms with Crippen LogP contribution in [0.2, 0.25) is 5.02 Å². The molecule has 1 aromatic heterocycles. The van der Waals surface area contributed by atoms with Crippen molar-refractivity contribution in [2.45, 2.75) is 23.8 Å². The van der Waals surface area contributed by atoms with Crippen molar-refractivity contribution in [3.63, 3.8) is 0 Å². The molecule has 0 saturated carbocycles. The monoisotopic (exact) mass is 458 g/mol. The number of nitrogens with one attached hydrogen (secondary N) is 1. The Morgan fingerprint density at radius 2 is 1.90 bits per heavy atom. The smallest absolute Gasteiger partial charge is 0.249 e. The number of thioether (sulfide) groups is 1.